The average molecular weight is 178 g/mol. The van der Waals surface area contributed by atoms with Crippen molar-refractivity contribution in [2.75, 3.05) is 0 Å². The predicted molar refractivity (Wildman–Crippen MR) is 58.6 cm³/mol. The summed E-state index contributed by atoms with van der Waals surface area (Å²) in [6.45, 7) is 0. The van der Waals surface area contributed by atoms with E-state index < -0.39 is 0 Å². The van der Waals surface area contributed by atoms with Gasteiger partial charge in [-0.2, -0.15) is 0 Å². The largest absolute Gasteiger partial charge is 0.0794 e. The number of allylic oxidation sites excluding steroid dienone is 2. The molecular formula is C14H10. The van der Waals surface area contributed by atoms with E-state index in [-0.39, 0.29) is 0 Å². The van der Waals surface area contributed by atoms with Crippen molar-refractivity contribution in [2.24, 2.45) is 0 Å². The molecular weight excluding hydrogens is 168 g/mol. The van der Waals surface area contributed by atoms with Gasteiger partial charge in [0.1, 0.15) is 0 Å². The number of rotatable bonds is 0. The Balaban J connectivity index is 2.08. The van der Waals surface area contributed by atoms with E-state index in [1.165, 1.54) is 10.8 Å². The van der Waals surface area contributed by atoms with Gasteiger partial charge >= 0.3 is 0 Å². The molecule has 0 heterocycles. The van der Waals surface area contributed by atoms with E-state index in [1.54, 1.807) is 11.1 Å². The lowest BCUT2D eigenvalue weighted by Gasteiger charge is -2.42. The zero-order valence-corrected chi connectivity index (χ0v) is 7.77. The zero-order chi connectivity index (χ0) is 9.12. The van der Waals surface area contributed by atoms with Crippen LogP contribution < -0.4 is 0 Å². The molecule has 2 aliphatic rings. The summed E-state index contributed by atoms with van der Waals surface area (Å²) in [5.41, 5.74) is 3.10. The number of hydrogen-bond donors (Lipinski definition) is 0. The second-order valence-corrected chi connectivity index (χ2v) is 4.26. The number of benzene rings is 2. The molecule has 2 unspecified atom stereocenters. The van der Waals surface area contributed by atoms with Crippen molar-refractivity contribution in [1.29, 1.82) is 0 Å². The fourth-order valence-corrected chi connectivity index (χ4v) is 2.68. The maximum atomic E-state index is 2.36. The predicted octanol–water partition coefficient (Wildman–Crippen LogP) is 3.59. The summed E-state index contributed by atoms with van der Waals surface area (Å²) in [4.78, 5) is 0. The molecule has 0 aliphatic heterocycles. The summed E-state index contributed by atoms with van der Waals surface area (Å²) < 4.78 is 0. The van der Waals surface area contributed by atoms with Crippen LogP contribution in [0.3, 0.4) is 0 Å². The molecule has 0 spiro atoms. The van der Waals surface area contributed by atoms with Crippen LogP contribution in [-0.2, 0) is 0 Å². The van der Waals surface area contributed by atoms with Crippen molar-refractivity contribution in [3.05, 3.63) is 59.7 Å². The van der Waals surface area contributed by atoms with Crippen LogP contribution in [0.15, 0.2) is 48.6 Å². The first-order valence-corrected chi connectivity index (χ1v) is 5.14. The van der Waals surface area contributed by atoms with Gasteiger partial charge < -0.3 is 0 Å². The summed E-state index contributed by atoms with van der Waals surface area (Å²) >= 11 is 0. The van der Waals surface area contributed by atoms with Crippen molar-refractivity contribution in [2.45, 2.75) is 11.8 Å². The normalized spacial score (nSPS) is 26.3. The first-order valence-electron chi connectivity index (χ1n) is 5.14. The highest BCUT2D eigenvalue weighted by Gasteiger charge is 2.39. The van der Waals surface area contributed by atoms with Crippen molar-refractivity contribution in [3.8, 4) is 0 Å². The number of hydrogen-bond acceptors (Lipinski definition) is 0. The van der Waals surface area contributed by atoms with Crippen molar-refractivity contribution >= 4 is 10.8 Å². The minimum Gasteiger partial charge on any atom is -0.0794 e. The minimum absolute atomic E-state index is 0.745. The Morgan fingerprint density at radius 1 is 0.714 bits per heavy atom. The fourth-order valence-electron chi connectivity index (χ4n) is 2.68. The monoisotopic (exact) mass is 178 g/mol. The molecule has 66 valence electrons. The lowest BCUT2D eigenvalue weighted by molar-refractivity contribution is 0.589. The molecule has 0 nitrogen and oxygen atoms in total. The minimum atomic E-state index is 0.745. The molecule has 0 heteroatoms. The molecule has 2 aromatic carbocycles. The highest BCUT2D eigenvalue weighted by atomic mass is 14.4. The van der Waals surface area contributed by atoms with E-state index in [4.69, 9.17) is 0 Å². The van der Waals surface area contributed by atoms with Gasteiger partial charge in [0, 0.05) is 11.8 Å². The van der Waals surface area contributed by atoms with Gasteiger partial charge in [-0.1, -0.05) is 48.6 Å². The first kappa shape index (κ1) is 6.83. The maximum absolute atomic E-state index is 2.36. The molecule has 4 rings (SSSR count). The van der Waals surface area contributed by atoms with Gasteiger partial charge in [0.2, 0.25) is 0 Å². The summed E-state index contributed by atoms with van der Waals surface area (Å²) in [7, 11) is 0. The molecule has 2 atom stereocenters. The van der Waals surface area contributed by atoms with E-state index >= 15 is 0 Å². The third-order valence-electron chi connectivity index (χ3n) is 3.58. The van der Waals surface area contributed by atoms with Gasteiger partial charge in [-0.15, -0.1) is 0 Å². The maximum Gasteiger partial charge on any atom is 0.0125 e. The molecule has 0 amide bonds. The standard InChI is InChI=1S/C14H10/c1-2-4-10-8-14-12-6-5-11(12)13(14)7-9(10)3-1/h1-8,11-12H. The molecule has 2 aromatic rings. The van der Waals surface area contributed by atoms with E-state index in [0.717, 1.165) is 11.8 Å². The zero-order valence-electron chi connectivity index (χ0n) is 7.77. The molecule has 2 aliphatic carbocycles. The molecule has 0 bridgehead atoms. The van der Waals surface area contributed by atoms with Gasteiger partial charge in [-0.3, -0.25) is 0 Å². The third kappa shape index (κ3) is 0.630. The van der Waals surface area contributed by atoms with E-state index in [2.05, 4.69) is 48.6 Å². The summed E-state index contributed by atoms with van der Waals surface area (Å²) in [5.74, 6) is 1.49. The molecule has 0 fully saturated rings. The Hall–Kier alpha value is -1.56. The van der Waals surface area contributed by atoms with E-state index in [1.807, 2.05) is 0 Å². The smallest absolute Gasteiger partial charge is 0.0125 e. The van der Waals surface area contributed by atoms with Crippen LogP contribution in [0, 0.1) is 0 Å². The van der Waals surface area contributed by atoms with Crippen LogP contribution >= 0.6 is 0 Å². The molecule has 0 radical (unpaired) electrons. The molecule has 0 saturated carbocycles. The van der Waals surface area contributed by atoms with Crippen LogP contribution in [0.4, 0.5) is 0 Å². The van der Waals surface area contributed by atoms with Gasteiger partial charge in [-0.25, -0.2) is 0 Å². The van der Waals surface area contributed by atoms with Crippen LogP contribution in [0.1, 0.15) is 23.0 Å². The third-order valence-corrected chi connectivity index (χ3v) is 3.58. The van der Waals surface area contributed by atoms with Gasteiger partial charge in [0.15, 0.2) is 0 Å². The summed E-state index contributed by atoms with van der Waals surface area (Å²) in [6.07, 6.45) is 4.64. The van der Waals surface area contributed by atoms with Crippen molar-refractivity contribution < 1.29 is 0 Å². The topological polar surface area (TPSA) is 0 Å². The van der Waals surface area contributed by atoms with Gasteiger partial charge in [0.25, 0.3) is 0 Å². The Bertz CT molecular complexity index is 513. The Morgan fingerprint density at radius 3 is 1.64 bits per heavy atom. The quantitative estimate of drug-likeness (QED) is 0.541. The van der Waals surface area contributed by atoms with Crippen molar-refractivity contribution in [3.63, 3.8) is 0 Å². The molecule has 0 N–H and O–H groups in total. The van der Waals surface area contributed by atoms with E-state index in [0.29, 0.717) is 0 Å². The Labute approximate surface area is 82.9 Å². The molecule has 0 saturated heterocycles. The molecule has 0 aromatic heterocycles. The SMILES string of the molecule is C1=CC2c3cc4ccccc4cc3C12. The summed E-state index contributed by atoms with van der Waals surface area (Å²) in [5, 5.41) is 2.76. The van der Waals surface area contributed by atoms with Crippen molar-refractivity contribution in [1.82, 2.24) is 0 Å². The second kappa shape index (κ2) is 2.09. The number of fused-ring (bicyclic) bond motifs is 5. The first-order chi connectivity index (χ1) is 6.93. The van der Waals surface area contributed by atoms with E-state index in [9.17, 15) is 0 Å². The second-order valence-electron chi connectivity index (χ2n) is 4.26. The molecule has 14 heavy (non-hydrogen) atoms. The highest BCUT2D eigenvalue weighted by Crippen LogP contribution is 2.55. The van der Waals surface area contributed by atoms with Crippen LogP contribution in [0.25, 0.3) is 10.8 Å². The van der Waals surface area contributed by atoms with Gasteiger partial charge in [-0.05, 0) is 21.9 Å². The lowest BCUT2D eigenvalue weighted by Crippen LogP contribution is -2.27. The highest BCUT2D eigenvalue weighted by molar-refractivity contribution is 5.86. The van der Waals surface area contributed by atoms with Crippen LogP contribution in [-0.4, -0.2) is 0 Å². The van der Waals surface area contributed by atoms with Crippen LogP contribution in [0.5, 0.6) is 0 Å². The lowest BCUT2D eigenvalue weighted by atomic mass is 9.61. The Kier molecular flexibility index (Phi) is 1.02. The van der Waals surface area contributed by atoms with Gasteiger partial charge in [0.05, 0.1) is 0 Å². The summed E-state index contributed by atoms with van der Waals surface area (Å²) in [6, 6.07) is 13.3. The fraction of sp³-hybridized carbons (Fsp3) is 0.143. The Morgan fingerprint density at radius 2 is 1.21 bits per heavy atom. The average Bonchev–Trinajstić information content (AvgIpc) is 2.17. The van der Waals surface area contributed by atoms with Crippen LogP contribution in [0.2, 0.25) is 0 Å².